The van der Waals surface area contributed by atoms with Gasteiger partial charge in [-0.1, -0.05) is 97.1 Å². The molecule has 48 heavy (non-hydrogen) atoms. The number of allylic oxidation sites excluding steroid dienone is 8. The third-order valence-corrected chi connectivity index (χ3v) is 20.3. The van der Waals surface area contributed by atoms with E-state index in [1.807, 2.05) is 44.6 Å². The zero-order valence-electron chi connectivity index (χ0n) is 26.2. The molecule has 0 nitrogen and oxygen atoms in total. The fraction of sp³-hybridized carbons (Fsp3) is 0.333. The Bertz CT molecular complexity index is 2230. The van der Waals surface area contributed by atoms with Crippen LogP contribution >= 0.6 is 0 Å². The summed E-state index contributed by atoms with van der Waals surface area (Å²) >= 11 is 0. The van der Waals surface area contributed by atoms with Crippen LogP contribution in [0.1, 0.15) is 44.5 Å². The lowest BCUT2D eigenvalue weighted by Gasteiger charge is -2.89. The molecule has 0 amide bonds. The fourth-order valence-electron chi connectivity index (χ4n) is 21.9. The van der Waals surface area contributed by atoms with E-state index in [0.717, 1.165) is 71.0 Å². The lowest BCUT2D eigenvalue weighted by molar-refractivity contribution is -0.360. The maximum atomic E-state index is 2.55. The molecule has 21 aliphatic carbocycles. The second-order valence-corrected chi connectivity index (χ2v) is 19.1. The van der Waals surface area contributed by atoms with Crippen molar-refractivity contribution in [3.8, 4) is 0 Å². The van der Waals surface area contributed by atoms with E-state index in [4.69, 9.17) is 0 Å². The lowest BCUT2D eigenvalue weighted by atomic mass is 9.13. The Morgan fingerprint density at radius 3 is 0.521 bits per heavy atom. The van der Waals surface area contributed by atoms with Crippen LogP contribution in [0.15, 0.2) is 97.1 Å². The highest BCUT2D eigenvalue weighted by Crippen LogP contribution is 3.21. The highest BCUT2D eigenvalue weighted by Gasteiger charge is 3.17. The van der Waals surface area contributed by atoms with Crippen molar-refractivity contribution >= 4 is 44.6 Å². The standard InChI is InChI=1S/C48H28/c1-2-10-18-17(9-1)25-26(18)38-34-33-37(25)45-40-28-20-12-4-6-14-22(20)30(28)42-36-35(40)43-31-23-15-7-8-16-24(23)32(31)44(36)48(46(38,42)45)41(34)29-21-13-5-3-11-19(21)27(29)39(33)47(43,45)48/h1-16,33-44H. The molecule has 4 spiro atoms. The van der Waals surface area contributed by atoms with Crippen LogP contribution in [0.2, 0.25) is 0 Å². The molecule has 8 atom stereocenters. The molecule has 8 unspecified atom stereocenters. The summed E-state index contributed by atoms with van der Waals surface area (Å²) in [7, 11) is 0. The Morgan fingerprint density at radius 2 is 0.375 bits per heavy atom. The Balaban J connectivity index is 1.06. The summed E-state index contributed by atoms with van der Waals surface area (Å²) < 4.78 is 0. The van der Waals surface area contributed by atoms with E-state index in [-0.39, 0.29) is 0 Å². The number of rotatable bonds is 0. The first-order chi connectivity index (χ1) is 23.9. The molecule has 0 aliphatic heterocycles. The molecule has 0 aromatic heterocycles. The van der Waals surface area contributed by atoms with Crippen molar-refractivity contribution in [1.82, 2.24) is 0 Å². The van der Waals surface area contributed by atoms with Gasteiger partial charge in [-0.15, -0.1) is 0 Å². The number of hydrogen-bond acceptors (Lipinski definition) is 0. The van der Waals surface area contributed by atoms with Gasteiger partial charge in [0.25, 0.3) is 0 Å². The van der Waals surface area contributed by atoms with Crippen LogP contribution in [0.25, 0.3) is 44.6 Å². The second-order valence-electron chi connectivity index (χ2n) is 19.1. The minimum absolute atomic E-state index is 0.460. The van der Waals surface area contributed by atoms with Gasteiger partial charge in [-0.3, -0.25) is 0 Å². The largest absolute Gasteiger partial charge is 0.0616 e. The topological polar surface area (TPSA) is 0 Å². The van der Waals surface area contributed by atoms with Gasteiger partial charge in [0.2, 0.25) is 0 Å². The zero-order chi connectivity index (χ0) is 29.5. The third-order valence-electron chi connectivity index (χ3n) is 20.3. The van der Waals surface area contributed by atoms with Crippen LogP contribution in [-0.4, -0.2) is 0 Å². The quantitative estimate of drug-likeness (QED) is 0.188. The van der Waals surface area contributed by atoms with Crippen molar-refractivity contribution in [2.24, 2.45) is 92.7 Å². The Labute approximate surface area is 278 Å². The second kappa shape index (κ2) is 5.22. The van der Waals surface area contributed by atoms with E-state index >= 15 is 0 Å². The number of hydrogen-bond donors (Lipinski definition) is 0. The fourth-order valence-corrected chi connectivity index (χ4v) is 21.9. The van der Waals surface area contributed by atoms with Gasteiger partial charge in [0, 0.05) is 0 Å². The minimum Gasteiger partial charge on any atom is -0.0616 e. The van der Waals surface area contributed by atoms with E-state index in [1.165, 1.54) is 0 Å². The van der Waals surface area contributed by atoms with Crippen molar-refractivity contribution < 1.29 is 0 Å². The average molecular weight is 605 g/mol. The minimum atomic E-state index is 0.460. The van der Waals surface area contributed by atoms with Gasteiger partial charge in [-0.05, 0) is 182 Å². The summed E-state index contributed by atoms with van der Waals surface area (Å²) in [5.41, 5.74) is 30.7. The molecule has 21 aliphatic rings. The molecule has 16 bridgehead atoms. The average Bonchev–Trinajstić information content (AvgIpc) is 3.48. The Hall–Kier alpha value is -4.16. The van der Waals surface area contributed by atoms with Crippen molar-refractivity contribution in [3.05, 3.63) is 142 Å². The summed E-state index contributed by atoms with van der Waals surface area (Å²) in [5, 5.41) is 0. The molecule has 0 heteroatoms. The van der Waals surface area contributed by atoms with Crippen LogP contribution in [-0.2, 0) is 0 Å². The van der Waals surface area contributed by atoms with Crippen LogP contribution < -0.4 is 0 Å². The molecule has 220 valence electrons. The van der Waals surface area contributed by atoms with Gasteiger partial charge in [-0.2, -0.15) is 0 Å². The third kappa shape index (κ3) is 1.17. The molecule has 0 N–H and O–H groups in total. The molecule has 0 heterocycles. The highest BCUT2D eigenvalue weighted by molar-refractivity contribution is 6.21. The smallest absolute Gasteiger partial charge is 0.000473 e. The van der Waals surface area contributed by atoms with Crippen molar-refractivity contribution in [1.29, 1.82) is 0 Å². The molecule has 9 fully saturated rings. The summed E-state index contributed by atoms with van der Waals surface area (Å²) in [6, 6.07) is 39.3. The van der Waals surface area contributed by atoms with Gasteiger partial charge in [0.05, 0.1) is 0 Å². The van der Waals surface area contributed by atoms with E-state index < -0.39 is 0 Å². The van der Waals surface area contributed by atoms with Crippen LogP contribution in [0.5, 0.6) is 0 Å². The van der Waals surface area contributed by atoms with Gasteiger partial charge in [-0.25, -0.2) is 0 Å². The molecular weight excluding hydrogens is 577 g/mol. The predicted molar refractivity (Wildman–Crippen MR) is 185 cm³/mol. The maximum Gasteiger partial charge on any atom is -0.000473 e. The number of fused-ring (bicyclic) bond motifs is 4. The normalized spacial score (nSPS) is 54.7. The SMILES string of the molecule is c1ccc2c(c1)C1=C2C2C3C4C1C15C6C7=C(c8ccccc87)C7C8C6C6C9=C(c%10ccccc%109)C8C8(C3C3=C(c9ccccc93)C4C618)C275. The summed E-state index contributed by atoms with van der Waals surface area (Å²) in [5.74, 6) is 9.68. The molecule has 4 aromatic rings. The van der Waals surface area contributed by atoms with E-state index in [1.54, 1.807) is 44.5 Å². The van der Waals surface area contributed by atoms with E-state index in [2.05, 4.69) is 97.1 Å². The molecule has 9 saturated carbocycles. The molecule has 4 aromatic carbocycles. The summed E-state index contributed by atoms with van der Waals surface area (Å²) in [6.07, 6.45) is 0. The monoisotopic (exact) mass is 604 g/mol. The first kappa shape index (κ1) is 21.0. The van der Waals surface area contributed by atoms with Gasteiger partial charge < -0.3 is 0 Å². The van der Waals surface area contributed by atoms with Crippen molar-refractivity contribution in [2.75, 3.05) is 0 Å². The zero-order valence-corrected chi connectivity index (χ0v) is 26.2. The predicted octanol–water partition coefficient (Wildman–Crippen LogP) is 9.17. The van der Waals surface area contributed by atoms with Crippen LogP contribution in [0, 0.1) is 92.7 Å². The highest BCUT2D eigenvalue weighted by atomic mass is 15.2. The summed E-state index contributed by atoms with van der Waals surface area (Å²) in [6.45, 7) is 0. The van der Waals surface area contributed by atoms with Crippen LogP contribution in [0.3, 0.4) is 0 Å². The van der Waals surface area contributed by atoms with Crippen molar-refractivity contribution in [2.45, 2.75) is 0 Å². The lowest BCUT2D eigenvalue weighted by Crippen LogP contribution is -2.86. The van der Waals surface area contributed by atoms with Crippen LogP contribution in [0.4, 0.5) is 0 Å². The first-order valence-corrected chi connectivity index (χ1v) is 19.3. The van der Waals surface area contributed by atoms with Gasteiger partial charge in [0.1, 0.15) is 0 Å². The van der Waals surface area contributed by atoms with Gasteiger partial charge in [0.15, 0.2) is 0 Å². The first-order valence-electron chi connectivity index (χ1n) is 19.3. The molecule has 0 radical (unpaired) electrons. The summed E-state index contributed by atoms with van der Waals surface area (Å²) in [4.78, 5) is 0. The molecule has 0 saturated heterocycles. The van der Waals surface area contributed by atoms with Gasteiger partial charge >= 0.3 is 0 Å². The van der Waals surface area contributed by atoms with E-state index in [9.17, 15) is 0 Å². The maximum absolute atomic E-state index is 2.55. The Morgan fingerprint density at radius 1 is 0.229 bits per heavy atom. The molecular formula is C48H28. The van der Waals surface area contributed by atoms with Crippen molar-refractivity contribution in [3.63, 3.8) is 0 Å². The Kier molecular flexibility index (Phi) is 2.29. The van der Waals surface area contributed by atoms with E-state index in [0.29, 0.717) is 21.7 Å². The molecule has 25 rings (SSSR count). The number of benzene rings is 4.